The van der Waals surface area contributed by atoms with Crippen LogP contribution in [0.15, 0.2) is 30.9 Å². The summed E-state index contributed by atoms with van der Waals surface area (Å²) in [6, 6.07) is 8.97. The van der Waals surface area contributed by atoms with Crippen LogP contribution in [0.5, 0.6) is 5.75 Å². The van der Waals surface area contributed by atoms with E-state index in [1.165, 1.54) is 0 Å². The van der Waals surface area contributed by atoms with Crippen molar-refractivity contribution < 1.29 is 4.74 Å². The molecule has 2 rings (SSSR count). The maximum atomic E-state index is 9.40. The van der Waals surface area contributed by atoms with E-state index in [0.717, 1.165) is 0 Å². The number of halogens is 1. The Kier molecular flexibility index (Phi) is 5.03. The molecule has 7 heteroatoms. The lowest BCUT2D eigenvalue weighted by molar-refractivity contribution is 0.362. The topological polar surface area (TPSA) is 112 Å². The number of anilines is 1. The molecule has 0 fully saturated rings. The highest BCUT2D eigenvalue weighted by Crippen LogP contribution is 2.29. The van der Waals surface area contributed by atoms with E-state index in [1.807, 2.05) is 12.1 Å². The zero-order valence-corrected chi connectivity index (χ0v) is 12.8. The van der Waals surface area contributed by atoms with Crippen molar-refractivity contribution in [1.82, 2.24) is 10.2 Å². The molecule has 1 aromatic carbocycles. The van der Waals surface area contributed by atoms with E-state index in [0.29, 0.717) is 22.9 Å². The average Bonchev–Trinajstić information content (AvgIpc) is 2.92. The minimum atomic E-state index is 0.0397. The quantitative estimate of drug-likeness (QED) is 0.647. The van der Waals surface area contributed by atoms with Crippen LogP contribution in [0.1, 0.15) is 16.8 Å². The largest absolute Gasteiger partial charge is 0.489 e. The maximum absolute atomic E-state index is 9.40. The van der Waals surface area contributed by atoms with Crippen LogP contribution in [0.25, 0.3) is 11.6 Å². The molecule has 0 aliphatic carbocycles. The van der Waals surface area contributed by atoms with Crippen molar-refractivity contribution >= 4 is 29.1 Å². The SMILES string of the molecule is C=CCOc1ccc(Cl)cc1/C=C(\C#N)c1[nH]nc(N)c1C#N. The number of hydrogen-bond acceptors (Lipinski definition) is 5. The van der Waals surface area contributed by atoms with Crippen molar-refractivity contribution in [1.29, 1.82) is 10.5 Å². The highest BCUT2D eigenvalue weighted by atomic mass is 35.5. The lowest BCUT2D eigenvalue weighted by atomic mass is 10.1. The van der Waals surface area contributed by atoms with Gasteiger partial charge in [-0.2, -0.15) is 15.6 Å². The van der Waals surface area contributed by atoms with Crippen molar-refractivity contribution in [3.05, 3.63) is 52.7 Å². The van der Waals surface area contributed by atoms with Crippen LogP contribution in [0, 0.1) is 22.7 Å². The number of nitrogen functional groups attached to an aromatic ring is 1. The van der Waals surface area contributed by atoms with Gasteiger partial charge in [0.1, 0.15) is 30.1 Å². The molecule has 0 aliphatic rings. The van der Waals surface area contributed by atoms with Crippen LogP contribution >= 0.6 is 11.6 Å². The number of allylic oxidation sites excluding steroid dienone is 1. The van der Waals surface area contributed by atoms with E-state index in [4.69, 9.17) is 27.3 Å². The van der Waals surface area contributed by atoms with Crippen LogP contribution in [0.4, 0.5) is 5.82 Å². The van der Waals surface area contributed by atoms with Crippen LogP contribution < -0.4 is 10.5 Å². The normalized spacial score (nSPS) is 10.7. The predicted octanol–water partition coefficient (Wildman–Crippen LogP) is 3.15. The minimum absolute atomic E-state index is 0.0397. The number of H-pyrrole nitrogens is 1. The molecular weight excluding hydrogens is 314 g/mol. The Morgan fingerprint density at radius 1 is 1.48 bits per heavy atom. The number of aromatic nitrogens is 2. The molecule has 1 heterocycles. The molecule has 0 unspecified atom stereocenters. The molecule has 0 radical (unpaired) electrons. The van der Waals surface area contributed by atoms with Crippen molar-refractivity contribution in [2.45, 2.75) is 0 Å². The first-order valence-electron chi connectivity index (χ1n) is 6.50. The third-order valence-electron chi connectivity index (χ3n) is 2.92. The highest BCUT2D eigenvalue weighted by Gasteiger charge is 2.15. The fourth-order valence-corrected chi connectivity index (χ4v) is 2.07. The fraction of sp³-hybridized carbons (Fsp3) is 0.0625. The van der Waals surface area contributed by atoms with E-state index in [2.05, 4.69) is 16.8 Å². The Morgan fingerprint density at radius 2 is 2.26 bits per heavy atom. The second-order valence-corrected chi connectivity index (χ2v) is 4.86. The summed E-state index contributed by atoms with van der Waals surface area (Å²) in [5.74, 6) is 0.575. The molecule has 0 saturated carbocycles. The van der Waals surface area contributed by atoms with Gasteiger partial charge in [0.2, 0.25) is 0 Å². The summed E-state index contributed by atoms with van der Waals surface area (Å²) >= 11 is 6.01. The van der Waals surface area contributed by atoms with Gasteiger partial charge >= 0.3 is 0 Å². The third-order valence-corrected chi connectivity index (χ3v) is 3.16. The lowest BCUT2D eigenvalue weighted by Gasteiger charge is -2.08. The number of benzene rings is 1. The molecule has 0 aliphatic heterocycles. The molecule has 0 atom stereocenters. The van der Waals surface area contributed by atoms with Gasteiger partial charge in [-0.05, 0) is 24.3 Å². The van der Waals surface area contributed by atoms with Gasteiger partial charge in [-0.3, -0.25) is 5.10 Å². The number of nitriles is 2. The zero-order valence-electron chi connectivity index (χ0n) is 12.0. The number of nitrogens with two attached hydrogens (primary N) is 1. The molecule has 0 spiro atoms. The molecule has 0 saturated heterocycles. The molecular formula is C16H12ClN5O. The van der Waals surface area contributed by atoms with Crippen LogP contribution in [-0.4, -0.2) is 16.8 Å². The van der Waals surface area contributed by atoms with E-state index in [-0.39, 0.29) is 22.6 Å². The first-order chi connectivity index (χ1) is 11.1. The van der Waals surface area contributed by atoms with Gasteiger partial charge in [0, 0.05) is 10.6 Å². The van der Waals surface area contributed by atoms with E-state index in [9.17, 15) is 5.26 Å². The van der Waals surface area contributed by atoms with Crippen LogP contribution in [0.2, 0.25) is 5.02 Å². The Balaban J connectivity index is 2.54. The number of nitrogens with zero attached hydrogens (tertiary/aromatic N) is 3. The monoisotopic (exact) mass is 325 g/mol. The van der Waals surface area contributed by atoms with Crippen LogP contribution in [0.3, 0.4) is 0 Å². The van der Waals surface area contributed by atoms with Gasteiger partial charge in [0.25, 0.3) is 0 Å². The molecule has 0 bridgehead atoms. The molecule has 6 nitrogen and oxygen atoms in total. The molecule has 1 aromatic heterocycles. The molecule has 0 amide bonds. The Hall–Kier alpha value is -3.22. The second kappa shape index (κ2) is 7.17. The van der Waals surface area contributed by atoms with E-state index < -0.39 is 0 Å². The molecule has 114 valence electrons. The maximum Gasteiger partial charge on any atom is 0.163 e. The molecule has 23 heavy (non-hydrogen) atoms. The van der Waals surface area contributed by atoms with Gasteiger partial charge in [0.15, 0.2) is 5.82 Å². The third kappa shape index (κ3) is 3.52. The molecule has 3 N–H and O–H groups in total. The molecule has 2 aromatic rings. The average molecular weight is 326 g/mol. The Bertz CT molecular complexity index is 854. The number of rotatable bonds is 5. The van der Waals surface area contributed by atoms with E-state index >= 15 is 0 Å². The summed E-state index contributed by atoms with van der Waals surface area (Å²) in [4.78, 5) is 0. The van der Waals surface area contributed by atoms with Crippen LogP contribution in [-0.2, 0) is 0 Å². The summed E-state index contributed by atoms with van der Waals surface area (Å²) in [7, 11) is 0. The van der Waals surface area contributed by atoms with Crippen molar-refractivity contribution in [3.8, 4) is 17.9 Å². The Morgan fingerprint density at radius 3 is 2.91 bits per heavy atom. The smallest absolute Gasteiger partial charge is 0.163 e. The summed E-state index contributed by atoms with van der Waals surface area (Å²) in [6.07, 6.45) is 3.16. The zero-order chi connectivity index (χ0) is 16.8. The van der Waals surface area contributed by atoms with Crippen molar-refractivity contribution in [2.75, 3.05) is 12.3 Å². The number of nitrogens with one attached hydrogen (secondary N) is 1. The Labute approximate surface area is 138 Å². The predicted molar refractivity (Wildman–Crippen MR) is 88.3 cm³/mol. The van der Waals surface area contributed by atoms with Gasteiger partial charge < -0.3 is 10.5 Å². The summed E-state index contributed by atoms with van der Waals surface area (Å²) < 4.78 is 5.54. The van der Waals surface area contributed by atoms with Gasteiger partial charge in [-0.1, -0.05) is 24.3 Å². The number of ether oxygens (including phenoxy) is 1. The van der Waals surface area contributed by atoms with Gasteiger partial charge in [0.05, 0.1) is 11.3 Å². The first-order valence-corrected chi connectivity index (χ1v) is 6.87. The van der Waals surface area contributed by atoms with Gasteiger partial charge in [-0.15, -0.1) is 0 Å². The number of hydrogen-bond donors (Lipinski definition) is 2. The van der Waals surface area contributed by atoms with Crippen molar-refractivity contribution in [3.63, 3.8) is 0 Å². The highest BCUT2D eigenvalue weighted by molar-refractivity contribution is 6.30. The minimum Gasteiger partial charge on any atom is -0.489 e. The van der Waals surface area contributed by atoms with Crippen molar-refractivity contribution in [2.24, 2.45) is 0 Å². The van der Waals surface area contributed by atoms with E-state index in [1.54, 1.807) is 30.4 Å². The standard InChI is InChI=1S/C16H12ClN5O/c1-2-5-23-14-4-3-12(17)7-10(14)6-11(8-18)15-13(9-19)16(20)22-21-15/h2-4,6-7H,1,5H2,(H3,20,21,22)/b11-6+. The lowest BCUT2D eigenvalue weighted by Crippen LogP contribution is -1.95. The fourth-order valence-electron chi connectivity index (χ4n) is 1.89. The summed E-state index contributed by atoms with van der Waals surface area (Å²) in [5, 5.41) is 25.4. The second-order valence-electron chi connectivity index (χ2n) is 4.42. The summed E-state index contributed by atoms with van der Waals surface area (Å²) in [5.41, 5.74) is 6.75. The first kappa shape index (κ1) is 16.2. The summed E-state index contributed by atoms with van der Waals surface area (Å²) in [6.45, 7) is 3.90. The number of aromatic amines is 1. The van der Waals surface area contributed by atoms with Gasteiger partial charge in [-0.25, -0.2) is 0 Å².